The van der Waals surface area contributed by atoms with Crippen molar-refractivity contribution in [3.05, 3.63) is 52.8 Å². The van der Waals surface area contributed by atoms with Gasteiger partial charge in [0.2, 0.25) is 0 Å². The minimum absolute atomic E-state index is 0.0352. The van der Waals surface area contributed by atoms with Gasteiger partial charge in [-0.1, -0.05) is 19.1 Å². The van der Waals surface area contributed by atoms with Gasteiger partial charge in [0, 0.05) is 29.8 Å². The second-order valence-electron chi connectivity index (χ2n) is 5.45. The number of amides is 1. The average Bonchev–Trinajstić information content (AvgIpc) is 2.98. The van der Waals surface area contributed by atoms with Gasteiger partial charge in [0.1, 0.15) is 0 Å². The largest absolute Gasteiger partial charge is 0.376 e. The van der Waals surface area contributed by atoms with Gasteiger partial charge in [-0.15, -0.1) is 0 Å². The fraction of sp³-hybridized carbons (Fsp3) is 0.412. The first-order chi connectivity index (χ1) is 10.8. The van der Waals surface area contributed by atoms with Crippen molar-refractivity contribution in [3.8, 4) is 0 Å². The molecule has 1 N–H and O–H groups in total. The first-order valence-corrected chi connectivity index (χ1v) is 7.76. The van der Waals surface area contributed by atoms with Crippen LogP contribution in [0.25, 0.3) is 0 Å². The molecule has 1 aliphatic rings. The molecule has 0 aliphatic carbocycles. The van der Waals surface area contributed by atoms with Crippen LogP contribution in [0.3, 0.4) is 0 Å². The van der Waals surface area contributed by atoms with Gasteiger partial charge in [0.25, 0.3) is 5.91 Å². The van der Waals surface area contributed by atoms with E-state index in [1.165, 1.54) is 11.3 Å². The van der Waals surface area contributed by atoms with Gasteiger partial charge in [-0.2, -0.15) is 5.10 Å². The van der Waals surface area contributed by atoms with Crippen LogP contribution in [0.15, 0.2) is 30.5 Å². The Labute approximate surface area is 130 Å². The summed E-state index contributed by atoms with van der Waals surface area (Å²) in [5.74, 6) is -0.0352. The van der Waals surface area contributed by atoms with E-state index in [1.54, 1.807) is 0 Å². The average molecular weight is 299 g/mol. The van der Waals surface area contributed by atoms with Crippen LogP contribution in [-0.4, -0.2) is 28.8 Å². The summed E-state index contributed by atoms with van der Waals surface area (Å²) in [6, 6.07) is 7.75. The highest BCUT2D eigenvalue weighted by atomic mass is 16.5. The molecule has 0 fully saturated rings. The predicted molar refractivity (Wildman–Crippen MR) is 83.7 cm³/mol. The van der Waals surface area contributed by atoms with E-state index in [9.17, 15) is 4.79 Å². The summed E-state index contributed by atoms with van der Waals surface area (Å²) in [5.41, 5.74) is 4.33. The number of nitrogens with zero attached hydrogens (tertiary/aromatic N) is 2. The van der Waals surface area contributed by atoms with E-state index >= 15 is 0 Å². The van der Waals surface area contributed by atoms with Crippen molar-refractivity contribution in [2.45, 2.75) is 32.9 Å². The molecule has 5 heteroatoms. The molecule has 1 aromatic carbocycles. The number of rotatable bonds is 5. The summed E-state index contributed by atoms with van der Waals surface area (Å²) in [4.78, 5) is 12.1. The Hall–Kier alpha value is -2.14. The predicted octanol–water partition coefficient (Wildman–Crippen LogP) is 1.95. The number of benzene rings is 1. The van der Waals surface area contributed by atoms with Gasteiger partial charge in [0.05, 0.1) is 26.0 Å². The quantitative estimate of drug-likeness (QED) is 0.918. The Balaban J connectivity index is 1.54. The molecule has 1 aromatic heterocycles. The van der Waals surface area contributed by atoms with Crippen LogP contribution in [-0.2, 0) is 30.7 Å². The molecular formula is C17H21N3O2. The third kappa shape index (κ3) is 3.20. The van der Waals surface area contributed by atoms with E-state index < -0.39 is 0 Å². The second-order valence-corrected chi connectivity index (χ2v) is 5.45. The van der Waals surface area contributed by atoms with Crippen LogP contribution in [0, 0.1) is 0 Å². The van der Waals surface area contributed by atoms with Gasteiger partial charge in [0.15, 0.2) is 0 Å². The lowest BCUT2D eigenvalue weighted by molar-refractivity contribution is 0.0950. The number of nitrogens with one attached hydrogen (secondary N) is 1. The zero-order chi connectivity index (χ0) is 15.4. The van der Waals surface area contributed by atoms with Gasteiger partial charge < -0.3 is 10.1 Å². The van der Waals surface area contributed by atoms with Crippen molar-refractivity contribution >= 4 is 5.91 Å². The molecule has 116 valence electrons. The maximum Gasteiger partial charge on any atom is 0.251 e. The zero-order valence-electron chi connectivity index (χ0n) is 12.8. The lowest BCUT2D eigenvalue weighted by atomic mass is 10.1. The maximum absolute atomic E-state index is 12.1. The van der Waals surface area contributed by atoms with Crippen molar-refractivity contribution in [1.82, 2.24) is 15.1 Å². The van der Waals surface area contributed by atoms with E-state index in [0.717, 1.165) is 25.0 Å². The Morgan fingerprint density at radius 3 is 2.95 bits per heavy atom. The molecule has 22 heavy (non-hydrogen) atoms. The summed E-state index contributed by atoms with van der Waals surface area (Å²) < 4.78 is 7.38. The van der Waals surface area contributed by atoms with Gasteiger partial charge >= 0.3 is 0 Å². The lowest BCUT2D eigenvalue weighted by Gasteiger charge is -2.14. The molecule has 0 unspecified atom stereocenters. The first kappa shape index (κ1) is 14.8. The molecular weight excluding hydrogens is 278 g/mol. The van der Waals surface area contributed by atoms with Crippen molar-refractivity contribution in [1.29, 1.82) is 0 Å². The third-order valence-electron chi connectivity index (χ3n) is 4.01. The summed E-state index contributed by atoms with van der Waals surface area (Å²) in [6.07, 6.45) is 3.73. The summed E-state index contributed by atoms with van der Waals surface area (Å²) in [5, 5.41) is 7.33. The van der Waals surface area contributed by atoms with Crippen LogP contribution in [0.4, 0.5) is 0 Å². The minimum atomic E-state index is -0.0352. The highest BCUT2D eigenvalue weighted by molar-refractivity contribution is 5.94. The number of hydrogen-bond acceptors (Lipinski definition) is 3. The molecule has 0 saturated carbocycles. The number of ether oxygens (including phenoxy) is 1. The molecule has 0 radical (unpaired) electrons. The van der Waals surface area contributed by atoms with E-state index in [4.69, 9.17) is 4.74 Å². The Kier molecular flexibility index (Phi) is 4.53. The third-order valence-corrected chi connectivity index (χ3v) is 4.01. The number of carbonyl (C=O) groups excluding carboxylic acids is 1. The van der Waals surface area contributed by atoms with E-state index in [1.807, 2.05) is 35.1 Å². The van der Waals surface area contributed by atoms with E-state index in [-0.39, 0.29) is 5.91 Å². The topological polar surface area (TPSA) is 56.2 Å². The van der Waals surface area contributed by atoms with Crippen molar-refractivity contribution < 1.29 is 9.53 Å². The highest BCUT2D eigenvalue weighted by Gasteiger charge is 2.15. The zero-order valence-corrected chi connectivity index (χ0v) is 12.8. The van der Waals surface area contributed by atoms with Gasteiger partial charge in [-0.3, -0.25) is 9.48 Å². The van der Waals surface area contributed by atoms with Crippen molar-refractivity contribution in [2.24, 2.45) is 0 Å². The van der Waals surface area contributed by atoms with Crippen LogP contribution in [0.5, 0.6) is 0 Å². The molecule has 0 saturated heterocycles. The summed E-state index contributed by atoms with van der Waals surface area (Å²) in [7, 11) is 0. The minimum Gasteiger partial charge on any atom is -0.376 e. The van der Waals surface area contributed by atoms with Crippen LogP contribution >= 0.6 is 0 Å². The van der Waals surface area contributed by atoms with Crippen LogP contribution in [0.1, 0.15) is 34.1 Å². The lowest BCUT2D eigenvalue weighted by Crippen LogP contribution is -2.28. The summed E-state index contributed by atoms with van der Waals surface area (Å²) in [6.45, 7) is 4.75. The Bertz CT molecular complexity index is 646. The Morgan fingerprint density at radius 1 is 1.36 bits per heavy atom. The fourth-order valence-electron chi connectivity index (χ4n) is 2.67. The SMILES string of the molecule is CCc1ccc(C(=O)NCCn2ncc3c2CCOC3)cc1. The first-order valence-electron chi connectivity index (χ1n) is 7.76. The fourth-order valence-corrected chi connectivity index (χ4v) is 2.67. The summed E-state index contributed by atoms with van der Waals surface area (Å²) >= 11 is 0. The standard InChI is InChI=1S/C17H21N3O2/c1-2-13-3-5-14(6-4-13)17(21)18-8-9-20-16-7-10-22-12-15(16)11-19-20/h3-6,11H,2,7-10,12H2,1H3,(H,18,21). The molecule has 0 atom stereocenters. The van der Waals surface area contributed by atoms with E-state index in [0.29, 0.717) is 25.3 Å². The van der Waals surface area contributed by atoms with Crippen LogP contribution in [0.2, 0.25) is 0 Å². The molecule has 5 nitrogen and oxygen atoms in total. The maximum atomic E-state index is 12.1. The highest BCUT2D eigenvalue weighted by Crippen LogP contribution is 2.15. The molecule has 1 aliphatic heterocycles. The van der Waals surface area contributed by atoms with Crippen molar-refractivity contribution in [2.75, 3.05) is 13.2 Å². The van der Waals surface area contributed by atoms with Crippen molar-refractivity contribution in [3.63, 3.8) is 0 Å². The molecule has 0 bridgehead atoms. The van der Waals surface area contributed by atoms with Gasteiger partial charge in [-0.25, -0.2) is 0 Å². The number of aromatic nitrogens is 2. The monoisotopic (exact) mass is 299 g/mol. The number of aryl methyl sites for hydroxylation is 1. The smallest absolute Gasteiger partial charge is 0.251 e. The van der Waals surface area contributed by atoms with Gasteiger partial charge in [-0.05, 0) is 24.1 Å². The normalized spacial score (nSPS) is 13.7. The molecule has 2 heterocycles. The number of carbonyl (C=O) groups is 1. The number of hydrogen-bond donors (Lipinski definition) is 1. The number of fused-ring (bicyclic) bond motifs is 1. The van der Waals surface area contributed by atoms with Crippen LogP contribution < -0.4 is 5.32 Å². The molecule has 3 rings (SSSR count). The molecule has 1 amide bonds. The molecule has 2 aromatic rings. The second kappa shape index (κ2) is 6.75. The molecule has 0 spiro atoms. The Morgan fingerprint density at radius 2 is 2.18 bits per heavy atom. The van der Waals surface area contributed by atoms with E-state index in [2.05, 4.69) is 17.3 Å².